The van der Waals surface area contributed by atoms with Gasteiger partial charge in [0.05, 0.1) is 10.9 Å². The van der Waals surface area contributed by atoms with Gasteiger partial charge in [0.25, 0.3) is 5.91 Å². The van der Waals surface area contributed by atoms with Crippen LogP contribution in [0, 0.1) is 0 Å². The number of rotatable bonds is 6. The summed E-state index contributed by atoms with van der Waals surface area (Å²) in [4.78, 5) is 37.3. The van der Waals surface area contributed by atoms with Crippen molar-refractivity contribution in [1.29, 1.82) is 0 Å². The molecule has 2 aliphatic rings. The van der Waals surface area contributed by atoms with Gasteiger partial charge in [-0.1, -0.05) is 84.6 Å². The van der Waals surface area contributed by atoms with Crippen molar-refractivity contribution < 1.29 is 9.59 Å². The van der Waals surface area contributed by atoms with Gasteiger partial charge in [-0.25, -0.2) is 14.9 Å². The number of thioether (sulfide) groups is 1. The number of para-hydroxylation sites is 1. The number of hydrogen-bond acceptors (Lipinski definition) is 5. The van der Waals surface area contributed by atoms with Gasteiger partial charge >= 0.3 is 0 Å². The van der Waals surface area contributed by atoms with Crippen molar-refractivity contribution in [2.75, 3.05) is 6.54 Å². The van der Waals surface area contributed by atoms with Crippen LogP contribution in [-0.2, 0) is 16.0 Å². The molecule has 0 radical (unpaired) electrons. The average molecular weight is 469 g/mol. The van der Waals surface area contributed by atoms with Gasteiger partial charge in [0, 0.05) is 12.1 Å². The number of benzene rings is 3. The molecule has 0 saturated heterocycles. The highest BCUT2D eigenvalue weighted by Gasteiger charge is 2.42. The second kappa shape index (κ2) is 9.65. The Morgan fingerprint density at radius 3 is 2.44 bits per heavy atom. The number of amidine groups is 2. The molecule has 2 atom stereocenters. The summed E-state index contributed by atoms with van der Waals surface area (Å²) < 4.78 is 0. The maximum atomic E-state index is 13.5. The Morgan fingerprint density at radius 2 is 1.68 bits per heavy atom. The van der Waals surface area contributed by atoms with E-state index in [4.69, 9.17) is 9.98 Å². The van der Waals surface area contributed by atoms with Gasteiger partial charge < -0.3 is 5.32 Å². The fourth-order valence-electron chi connectivity index (χ4n) is 4.01. The molecular formula is C27H24N4O2S. The van der Waals surface area contributed by atoms with E-state index in [1.807, 2.05) is 91.9 Å². The van der Waals surface area contributed by atoms with Crippen molar-refractivity contribution in [2.24, 2.45) is 9.98 Å². The van der Waals surface area contributed by atoms with Crippen LogP contribution in [0.15, 0.2) is 94.9 Å². The minimum Gasteiger partial charge on any atom is -0.355 e. The molecule has 2 amide bonds. The van der Waals surface area contributed by atoms with E-state index in [1.165, 1.54) is 17.3 Å². The average Bonchev–Trinajstić information content (AvgIpc) is 3.23. The number of hydrogen-bond donors (Lipinski definition) is 1. The topological polar surface area (TPSA) is 74.1 Å². The monoisotopic (exact) mass is 468 g/mol. The first kappa shape index (κ1) is 22.1. The van der Waals surface area contributed by atoms with Gasteiger partial charge in [-0.3, -0.25) is 9.59 Å². The van der Waals surface area contributed by atoms with Crippen molar-refractivity contribution in [2.45, 2.75) is 24.6 Å². The Hall–Kier alpha value is -3.71. The molecule has 0 unspecified atom stereocenters. The summed E-state index contributed by atoms with van der Waals surface area (Å²) in [5.74, 6) is 0.342. The maximum Gasteiger partial charge on any atom is 0.263 e. The van der Waals surface area contributed by atoms with E-state index in [9.17, 15) is 9.59 Å². The van der Waals surface area contributed by atoms with Gasteiger partial charge in [-0.05, 0) is 36.6 Å². The summed E-state index contributed by atoms with van der Waals surface area (Å²) in [6.07, 6.45) is 0.762. The van der Waals surface area contributed by atoms with Crippen LogP contribution in [-0.4, -0.2) is 39.5 Å². The molecule has 0 fully saturated rings. The van der Waals surface area contributed by atoms with Crippen molar-refractivity contribution in [3.63, 3.8) is 0 Å². The number of fused-ring (bicyclic) bond motifs is 3. The SMILES string of the molecule is C[C@H](SC1=Nc2ccccc2C2=N[C@@H](c3ccccc3)C(=O)N12)C(=O)NCCc1ccccc1. The molecule has 3 aromatic carbocycles. The van der Waals surface area contributed by atoms with Crippen molar-refractivity contribution in [3.05, 3.63) is 102 Å². The molecule has 0 aromatic heterocycles. The molecular weight excluding hydrogens is 444 g/mol. The molecule has 2 heterocycles. The first-order valence-electron chi connectivity index (χ1n) is 11.2. The maximum absolute atomic E-state index is 13.5. The normalized spacial score (nSPS) is 17.4. The van der Waals surface area contributed by atoms with E-state index in [2.05, 4.69) is 5.32 Å². The summed E-state index contributed by atoms with van der Waals surface area (Å²) in [5, 5.41) is 3.05. The summed E-state index contributed by atoms with van der Waals surface area (Å²) in [7, 11) is 0. The molecule has 1 N–H and O–H groups in total. The molecule has 0 aliphatic carbocycles. The lowest BCUT2D eigenvalue weighted by Gasteiger charge is -2.26. The van der Waals surface area contributed by atoms with E-state index in [1.54, 1.807) is 4.90 Å². The molecule has 2 aliphatic heterocycles. The van der Waals surface area contributed by atoms with Crippen LogP contribution in [0.4, 0.5) is 5.69 Å². The van der Waals surface area contributed by atoms with Crippen LogP contribution in [0.3, 0.4) is 0 Å². The number of aliphatic imine (C=N–C) groups is 2. The third kappa shape index (κ3) is 4.39. The molecule has 6 nitrogen and oxygen atoms in total. The Labute approximate surface area is 202 Å². The zero-order chi connectivity index (χ0) is 23.5. The second-order valence-corrected chi connectivity index (χ2v) is 9.45. The lowest BCUT2D eigenvalue weighted by Crippen LogP contribution is -2.42. The Bertz CT molecular complexity index is 1270. The zero-order valence-electron chi connectivity index (χ0n) is 18.7. The van der Waals surface area contributed by atoms with E-state index in [0.717, 1.165) is 23.2 Å². The quantitative estimate of drug-likeness (QED) is 0.579. The lowest BCUT2D eigenvalue weighted by molar-refractivity contribution is -0.124. The molecule has 5 rings (SSSR count). The Morgan fingerprint density at radius 1 is 1.00 bits per heavy atom. The first-order chi connectivity index (χ1) is 16.6. The highest BCUT2D eigenvalue weighted by Crippen LogP contribution is 2.38. The first-order valence-corrected chi connectivity index (χ1v) is 12.1. The van der Waals surface area contributed by atoms with Crippen molar-refractivity contribution in [3.8, 4) is 0 Å². The number of nitrogens with zero attached hydrogens (tertiary/aromatic N) is 3. The van der Waals surface area contributed by atoms with Crippen molar-refractivity contribution >= 4 is 40.3 Å². The molecule has 0 saturated carbocycles. The smallest absolute Gasteiger partial charge is 0.263 e. The second-order valence-electron chi connectivity index (χ2n) is 8.14. The van der Waals surface area contributed by atoms with Gasteiger partial charge in [-0.2, -0.15) is 0 Å². The van der Waals surface area contributed by atoms with Crippen LogP contribution < -0.4 is 5.32 Å². The molecule has 170 valence electrons. The van der Waals surface area contributed by atoms with Crippen molar-refractivity contribution in [1.82, 2.24) is 10.2 Å². The minimum atomic E-state index is -0.622. The fourth-order valence-corrected chi connectivity index (χ4v) is 4.95. The number of carbonyl (C=O) groups excluding carboxylic acids is 2. The zero-order valence-corrected chi connectivity index (χ0v) is 19.5. The fraction of sp³-hybridized carbons (Fsp3) is 0.185. The molecule has 7 heteroatoms. The summed E-state index contributed by atoms with van der Waals surface area (Å²) in [6.45, 7) is 2.38. The van der Waals surface area contributed by atoms with Gasteiger partial charge in [0.1, 0.15) is 5.84 Å². The summed E-state index contributed by atoms with van der Waals surface area (Å²) >= 11 is 1.28. The third-order valence-electron chi connectivity index (χ3n) is 5.79. The van der Waals surface area contributed by atoms with Crippen LogP contribution in [0.2, 0.25) is 0 Å². The third-order valence-corrected chi connectivity index (χ3v) is 6.84. The lowest BCUT2D eigenvalue weighted by atomic mass is 10.1. The molecule has 3 aromatic rings. The molecule has 0 spiro atoms. The minimum absolute atomic E-state index is 0.0905. The standard InChI is InChI=1S/C27H24N4O2S/c1-18(25(32)28-17-16-19-10-4-2-5-11-19)34-27-29-22-15-9-8-14-21(22)24-30-23(26(33)31(24)27)20-12-6-3-7-13-20/h2-15,18,23H,16-17H2,1H3,(H,28,32)/t18-,23-/m0/s1. The van der Waals surface area contributed by atoms with E-state index in [-0.39, 0.29) is 11.8 Å². The van der Waals surface area contributed by atoms with Crippen LogP contribution in [0.5, 0.6) is 0 Å². The Balaban J connectivity index is 1.34. The van der Waals surface area contributed by atoms with Gasteiger partial charge in [0.2, 0.25) is 5.91 Å². The highest BCUT2D eigenvalue weighted by atomic mass is 32.2. The van der Waals surface area contributed by atoms with E-state index >= 15 is 0 Å². The number of carbonyl (C=O) groups is 2. The number of amides is 2. The van der Waals surface area contributed by atoms with Gasteiger partial charge in [-0.15, -0.1) is 0 Å². The van der Waals surface area contributed by atoms with Crippen LogP contribution >= 0.6 is 11.8 Å². The predicted octanol–water partition coefficient (Wildman–Crippen LogP) is 4.50. The van der Waals surface area contributed by atoms with Gasteiger partial charge in [0.15, 0.2) is 11.2 Å². The molecule has 0 bridgehead atoms. The highest BCUT2D eigenvalue weighted by molar-refractivity contribution is 8.15. The molecule has 34 heavy (non-hydrogen) atoms. The van der Waals surface area contributed by atoms with Crippen LogP contribution in [0.25, 0.3) is 0 Å². The van der Waals surface area contributed by atoms with E-state index < -0.39 is 11.3 Å². The summed E-state index contributed by atoms with van der Waals surface area (Å²) in [6, 6.07) is 26.6. The Kier molecular flexibility index (Phi) is 6.27. The predicted molar refractivity (Wildman–Crippen MR) is 136 cm³/mol. The summed E-state index contributed by atoms with van der Waals surface area (Å²) in [5.41, 5.74) is 3.58. The van der Waals surface area contributed by atoms with Crippen LogP contribution in [0.1, 0.15) is 29.7 Å². The largest absolute Gasteiger partial charge is 0.355 e. The number of nitrogens with one attached hydrogen (secondary N) is 1. The van der Waals surface area contributed by atoms with E-state index in [0.29, 0.717) is 17.5 Å².